The zero-order valence-corrected chi connectivity index (χ0v) is 18.5. The second kappa shape index (κ2) is 11.7. The van der Waals surface area contributed by atoms with Crippen LogP contribution in [0, 0.1) is 6.92 Å². The molecule has 2 amide bonds. The maximum absolute atomic E-state index is 13.1. The zero-order chi connectivity index (χ0) is 22.1. The minimum atomic E-state index is -0.424. The number of hydrogen-bond donors (Lipinski definition) is 2. The molecule has 9 nitrogen and oxygen atoms in total. The summed E-state index contributed by atoms with van der Waals surface area (Å²) >= 11 is 0. The Morgan fingerprint density at radius 2 is 1.83 bits per heavy atom. The van der Waals surface area contributed by atoms with Gasteiger partial charge in [-0.2, -0.15) is 0 Å². The van der Waals surface area contributed by atoms with E-state index in [2.05, 4.69) is 10.3 Å². The lowest BCUT2D eigenvalue weighted by Gasteiger charge is -2.34. The van der Waals surface area contributed by atoms with Gasteiger partial charge in [0.2, 0.25) is 5.91 Å². The lowest BCUT2D eigenvalue weighted by atomic mass is 10.0. The normalized spacial score (nSPS) is 14.6. The van der Waals surface area contributed by atoms with E-state index in [0.717, 1.165) is 18.4 Å². The molecule has 1 aliphatic heterocycles. The summed E-state index contributed by atoms with van der Waals surface area (Å²) in [6.07, 6.45) is 2.22. The van der Waals surface area contributed by atoms with Crippen molar-refractivity contribution in [1.29, 1.82) is 0 Å². The zero-order valence-electron chi connectivity index (χ0n) is 18.5. The van der Waals surface area contributed by atoms with Crippen molar-refractivity contribution < 1.29 is 23.9 Å². The fourth-order valence-electron chi connectivity index (χ4n) is 3.71. The van der Waals surface area contributed by atoms with Crippen LogP contribution in [0.5, 0.6) is 0 Å². The van der Waals surface area contributed by atoms with E-state index in [0.29, 0.717) is 69.2 Å². The summed E-state index contributed by atoms with van der Waals surface area (Å²) < 4.78 is 9.87. The average molecular weight is 423 g/mol. The highest BCUT2D eigenvalue weighted by atomic mass is 16.5. The molecule has 9 heteroatoms. The first-order valence-corrected chi connectivity index (χ1v) is 10.5. The number of hydrogen-bond acceptors (Lipinski definition) is 6. The highest BCUT2D eigenvalue weighted by Crippen LogP contribution is 2.23. The number of aromatic amines is 1. The molecule has 0 aromatic carbocycles. The predicted octanol–water partition coefficient (Wildman–Crippen LogP) is 0.973. The molecule has 1 aromatic rings. The Bertz CT molecular complexity index is 738. The van der Waals surface area contributed by atoms with E-state index in [9.17, 15) is 14.4 Å². The number of H-pyrrole nitrogens is 1. The Labute approximate surface area is 178 Å². The Kier molecular flexibility index (Phi) is 9.32. The molecule has 30 heavy (non-hydrogen) atoms. The van der Waals surface area contributed by atoms with Crippen LogP contribution in [-0.2, 0) is 20.7 Å². The topological polar surface area (TPSA) is 104 Å². The van der Waals surface area contributed by atoms with E-state index in [1.165, 1.54) is 7.11 Å². The van der Waals surface area contributed by atoms with Gasteiger partial charge in [0.1, 0.15) is 5.69 Å². The van der Waals surface area contributed by atoms with Gasteiger partial charge in [-0.1, -0.05) is 13.3 Å². The third-order valence-electron chi connectivity index (χ3n) is 5.27. The quantitative estimate of drug-likeness (QED) is 0.430. The standard InChI is InChI=1S/C21H34N4O5/c1-5-7-16-18(21(28)30-4)15(2)23-19(16)20(27)25-11-9-24(10-12-25)14-17(26)22-8-6-13-29-3/h23H,5-14H2,1-4H3,(H,22,26). The van der Waals surface area contributed by atoms with Crippen LogP contribution in [0.4, 0.5) is 0 Å². The van der Waals surface area contributed by atoms with E-state index >= 15 is 0 Å². The molecule has 0 radical (unpaired) electrons. The molecule has 2 rings (SSSR count). The highest BCUT2D eigenvalue weighted by molar-refractivity contribution is 6.00. The summed E-state index contributed by atoms with van der Waals surface area (Å²) in [5.74, 6) is -0.549. The van der Waals surface area contributed by atoms with Crippen LogP contribution in [0.15, 0.2) is 0 Å². The number of nitrogens with zero attached hydrogens (tertiary/aromatic N) is 2. The van der Waals surface area contributed by atoms with Crippen LogP contribution < -0.4 is 5.32 Å². The van der Waals surface area contributed by atoms with E-state index in [-0.39, 0.29) is 11.8 Å². The fraction of sp³-hybridized carbons (Fsp3) is 0.667. The van der Waals surface area contributed by atoms with Crippen molar-refractivity contribution >= 4 is 17.8 Å². The Balaban J connectivity index is 1.95. The van der Waals surface area contributed by atoms with Gasteiger partial charge in [0.25, 0.3) is 5.91 Å². The van der Waals surface area contributed by atoms with Crippen LogP contribution >= 0.6 is 0 Å². The fourth-order valence-corrected chi connectivity index (χ4v) is 3.71. The van der Waals surface area contributed by atoms with Gasteiger partial charge in [-0.15, -0.1) is 0 Å². The van der Waals surface area contributed by atoms with Gasteiger partial charge in [0.05, 0.1) is 19.2 Å². The van der Waals surface area contributed by atoms with Crippen molar-refractivity contribution in [2.45, 2.75) is 33.1 Å². The number of amides is 2. The van der Waals surface area contributed by atoms with Gasteiger partial charge in [-0.25, -0.2) is 4.79 Å². The summed E-state index contributed by atoms with van der Waals surface area (Å²) in [6, 6.07) is 0. The van der Waals surface area contributed by atoms with Gasteiger partial charge in [0.15, 0.2) is 0 Å². The van der Waals surface area contributed by atoms with E-state index < -0.39 is 5.97 Å². The molecular weight excluding hydrogens is 388 g/mol. The second-order valence-electron chi connectivity index (χ2n) is 7.48. The van der Waals surface area contributed by atoms with Gasteiger partial charge in [-0.3, -0.25) is 14.5 Å². The van der Waals surface area contributed by atoms with Crippen LogP contribution in [0.2, 0.25) is 0 Å². The predicted molar refractivity (Wildman–Crippen MR) is 113 cm³/mol. The lowest BCUT2D eigenvalue weighted by molar-refractivity contribution is -0.122. The number of aryl methyl sites for hydroxylation is 1. The Morgan fingerprint density at radius 3 is 2.43 bits per heavy atom. The molecule has 2 heterocycles. The van der Waals surface area contributed by atoms with Crippen molar-refractivity contribution in [2.75, 3.05) is 60.1 Å². The van der Waals surface area contributed by atoms with Gasteiger partial charge >= 0.3 is 5.97 Å². The molecule has 0 saturated carbocycles. The summed E-state index contributed by atoms with van der Waals surface area (Å²) in [5, 5.41) is 2.88. The number of carbonyl (C=O) groups is 3. The van der Waals surface area contributed by atoms with Crippen LogP contribution in [-0.4, -0.2) is 92.7 Å². The highest BCUT2D eigenvalue weighted by Gasteiger charge is 2.29. The number of ether oxygens (including phenoxy) is 2. The molecule has 0 atom stereocenters. The molecule has 2 N–H and O–H groups in total. The van der Waals surface area contributed by atoms with Crippen LogP contribution in [0.3, 0.4) is 0 Å². The first kappa shape index (κ1) is 23.9. The van der Waals surface area contributed by atoms with Crippen molar-refractivity contribution in [3.63, 3.8) is 0 Å². The molecule has 1 aromatic heterocycles. The summed E-state index contributed by atoms with van der Waals surface area (Å²) in [4.78, 5) is 44.3. The molecule has 1 fully saturated rings. The molecule has 1 saturated heterocycles. The van der Waals surface area contributed by atoms with Crippen molar-refractivity contribution in [1.82, 2.24) is 20.1 Å². The third kappa shape index (κ3) is 6.06. The molecule has 0 bridgehead atoms. The van der Waals surface area contributed by atoms with Crippen molar-refractivity contribution in [3.8, 4) is 0 Å². The van der Waals surface area contributed by atoms with Gasteiger partial charge in [0, 0.05) is 52.1 Å². The maximum Gasteiger partial charge on any atom is 0.339 e. The number of rotatable bonds is 10. The summed E-state index contributed by atoms with van der Waals surface area (Å²) in [7, 11) is 2.98. The van der Waals surface area contributed by atoms with Gasteiger partial charge in [-0.05, 0) is 25.3 Å². The minimum absolute atomic E-state index is 0.0150. The number of methoxy groups -OCH3 is 2. The largest absolute Gasteiger partial charge is 0.465 e. The Hall–Kier alpha value is -2.39. The van der Waals surface area contributed by atoms with Crippen LogP contribution in [0.1, 0.15) is 51.9 Å². The molecule has 0 spiro atoms. The number of carbonyl (C=O) groups excluding carboxylic acids is 3. The molecular formula is C21H34N4O5. The van der Waals surface area contributed by atoms with Crippen molar-refractivity contribution in [2.24, 2.45) is 0 Å². The smallest absolute Gasteiger partial charge is 0.339 e. The summed E-state index contributed by atoms with van der Waals surface area (Å²) in [5.41, 5.74) is 2.31. The molecule has 0 unspecified atom stereocenters. The summed E-state index contributed by atoms with van der Waals surface area (Å²) in [6.45, 7) is 7.66. The average Bonchev–Trinajstić information content (AvgIpc) is 3.07. The lowest BCUT2D eigenvalue weighted by Crippen LogP contribution is -2.51. The molecule has 168 valence electrons. The number of nitrogens with one attached hydrogen (secondary N) is 2. The van der Waals surface area contributed by atoms with E-state index in [1.807, 2.05) is 11.8 Å². The van der Waals surface area contributed by atoms with E-state index in [4.69, 9.17) is 9.47 Å². The minimum Gasteiger partial charge on any atom is -0.465 e. The second-order valence-corrected chi connectivity index (χ2v) is 7.48. The van der Waals surface area contributed by atoms with Crippen molar-refractivity contribution in [3.05, 3.63) is 22.5 Å². The SMILES string of the molecule is CCCc1c(C(=O)N2CCN(CC(=O)NCCCOC)CC2)[nH]c(C)c1C(=O)OC. The first-order valence-electron chi connectivity index (χ1n) is 10.5. The van der Waals surface area contributed by atoms with E-state index in [1.54, 1.807) is 18.9 Å². The Morgan fingerprint density at radius 1 is 1.13 bits per heavy atom. The van der Waals surface area contributed by atoms with Crippen LogP contribution in [0.25, 0.3) is 0 Å². The number of aromatic nitrogens is 1. The number of esters is 1. The first-order chi connectivity index (χ1) is 14.4. The maximum atomic E-state index is 13.1. The third-order valence-corrected chi connectivity index (χ3v) is 5.27. The monoisotopic (exact) mass is 422 g/mol. The molecule has 1 aliphatic rings. The molecule has 0 aliphatic carbocycles. The number of piperazine rings is 1. The van der Waals surface area contributed by atoms with Gasteiger partial charge < -0.3 is 24.7 Å².